The van der Waals surface area contributed by atoms with Gasteiger partial charge in [-0.1, -0.05) is 25.5 Å². The fourth-order valence-corrected chi connectivity index (χ4v) is 2.18. The molecule has 0 bridgehead atoms. The Morgan fingerprint density at radius 3 is 2.50 bits per heavy atom. The zero-order valence-corrected chi connectivity index (χ0v) is 11.5. The van der Waals surface area contributed by atoms with Gasteiger partial charge in [0.15, 0.2) is 5.82 Å². The van der Waals surface area contributed by atoms with Gasteiger partial charge in [-0.2, -0.15) is 0 Å². The highest BCUT2D eigenvalue weighted by Crippen LogP contribution is 2.21. The largest absolute Gasteiger partial charge is 0.384 e. The van der Waals surface area contributed by atoms with Crippen LogP contribution in [0.15, 0.2) is 35.2 Å². The van der Waals surface area contributed by atoms with Crippen LogP contribution in [0.5, 0.6) is 0 Å². The first kappa shape index (κ1) is 12.9. The van der Waals surface area contributed by atoms with Gasteiger partial charge in [-0.25, -0.2) is 9.97 Å². The predicted octanol–water partition coefficient (Wildman–Crippen LogP) is 3.40. The van der Waals surface area contributed by atoms with Crippen LogP contribution in [-0.4, -0.2) is 16.2 Å². The number of nitrogens with two attached hydrogens (primary N) is 1. The van der Waals surface area contributed by atoms with Crippen LogP contribution >= 0.6 is 11.8 Å². The Labute approximate surface area is 112 Å². The first-order chi connectivity index (χ1) is 8.72. The number of aryl methyl sites for hydroxylation is 1. The van der Waals surface area contributed by atoms with Crippen molar-refractivity contribution in [2.24, 2.45) is 0 Å². The monoisotopic (exact) mass is 259 g/mol. The minimum atomic E-state index is 0.539. The molecular weight excluding hydrogens is 242 g/mol. The third-order valence-electron chi connectivity index (χ3n) is 2.65. The van der Waals surface area contributed by atoms with E-state index in [1.54, 1.807) is 11.8 Å². The van der Waals surface area contributed by atoms with Crippen LogP contribution in [-0.2, 0) is 6.42 Å². The van der Waals surface area contributed by atoms with E-state index in [-0.39, 0.29) is 0 Å². The molecule has 0 atom stereocenters. The fourth-order valence-electron chi connectivity index (χ4n) is 1.77. The molecule has 0 aliphatic carbocycles. The summed E-state index contributed by atoms with van der Waals surface area (Å²) in [6.07, 6.45) is 4.05. The van der Waals surface area contributed by atoms with Crippen molar-refractivity contribution in [1.82, 2.24) is 9.97 Å². The molecule has 18 heavy (non-hydrogen) atoms. The summed E-state index contributed by atoms with van der Waals surface area (Å²) in [5, 5.41) is 0. The third-order valence-corrected chi connectivity index (χ3v) is 3.40. The van der Waals surface area contributed by atoms with Gasteiger partial charge >= 0.3 is 0 Å². The van der Waals surface area contributed by atoms with Crippen LogP contribution in [0.4, 0.5) is 5.82 Å². The molecule has 0 aliphatic heterocycles. The Kier molecular flexibility index (Phi) is 4.20. The zero-order valence-electron chi connectivity index (χ0n) is 10.7. The van der Waals surface area contributed by atoms with Crippen LogP contribution in [0.25, 0.3) is 11.4 Å². The fraction of sp³-hybridized carbons (Fsp3) is 0.286. The number of nitrogens with zero attached hydrogens (tertiary/aromatic N) is 2. The molecule has 2 N–H and O–H groups in total. The number of rotatable bonds is 4. The molecule has 0 fully saturated rings. The van der Waals surface area contributed by atoms with Crippen molar-refractivity contribution in [2.75, 3.05) is 12.0 Å². The van der Waals surface area contributed by atoms with Crippen LogP contribution in [0.2, 0.25) is 0 Å². The van der Waals surface area contributed by atoms with Gasteiger partial charge in [0.2, 0.25) is 0 Å². The second kappa shape index (κ2) is 5.87. The quantitative estimate of drug-likeness (QED) is 0.855. The van der Waals surface area contributed by atoms with E-state index in [9.17, 15) is 0 Å². The molecule has 1 aromatic heterocycles. The minimum Gasteiger partial charge on any atom is -0.384 e. The second-order valence-corrected chi connectivity index (χ2v) is 4.97. The van der Waals surface area contributed by atoms with E-state index in [1.165, 1.54) is 4.90 Å². The Bertz CT molecular complexity index is 523. The Hall–Kier alpha value is -1.55. The van der Waals surface area contributed by atoms with Gasteiger partial charge < -0.3 is 5.73 Å². The number of thioether (sulfide) groups is 1. The highest BCUT2D eigenvalue weighted by atomic mass is 32.2. The first-order valence-corrected chi connectivity index (χ1v) is 7.23. The maximum atomic E-state index is 5.83. The number of nitrogen functional groups attached to an aromatic ring is 1. The molecule has 0 amide bonds. The number of anilines is 1. The smallest absolute Gasteiger partial charge is 0.161 e. The Balaban J connectivity index is 2.36. The number of benzene rings is 1. The standard InChI is InChI=1S/C14H17N3S/c1-3-4-11-9-13(15)17-14(16-11)10-5-7-12(18-2)8-6-10/h5-9H,3-4H2,1-2H3,(H2,15,16,17). The summed E-state index contributed by atoms with van der Waals surface area (Å²) in [5.41, 5.74) is 7.85. The lowest BCUT2D eigenvalue weighted by Gasteiger charge is -2.05. The highest BCUT2D eigenvalue weighted by Gasteiger charge is 2.05. The first-order valence-electron chi connectivity index (χ1n) is 6.00. The van der Waals surface area contributed by atoms with Crippen molar-refractivity contribution < 1.29 is 0 Å². The van der Waals surface area contributed by atoms with E-state index < -0.39 is 0 Å². The maximum Gasteiger partial charge on any atom is 0.161 e. The van der Waals surface area contributed by atoms with Gasteiger partial charge in [-0.3, -0.25) is 0 Å². The van der Waals surface area contributed by atoms with Crippen molar-refractivity contribution in [1.29, 1.82) is 0 Å². The molecule has 0 aliphatic rings. The third kappa shape index (κ3) is 3.01. The summed E-state index contributed by atoms with van der Waals surface area (Å²) in [6.45, 7) is 2.13. The lowest BCUT2D eigenvalue weighted by Crippen LogP contribution is -2.00. The molecular formula is C14H17N3S. The van der Waals surface area contributed by atoms with Crippen molar-refractivity contribution in [2.45, 2.75) is 24.7 Å². The molecule has 0 saturated heterocycles. The van der Waals surface area contributed by atoms with Gasteiger partial charge in [0, 0.05) is 22.2 Å². The lowest BCUT2D eigenvalue weighted by atomic mass is 10.2. The number of hydrogen-bond donors (Lipinski definition) is 1. The van der Waals surface area contributed by atoms with Crippen LogP contribution < -0.4 is 5.73 Å². The van der Waals surface area contributed by atoms with E-state index in [0.29, 0.717) is 11.6 Å². The summed E-state index contributed by atoms with van der Waals surface area (Å²) in [7, 11) is 0. The van der Waals surface area contributed by atoms with E-state index in [2.05, 4.69) is 35.3 Å². The number of aromatic nitrogens is 2. The van der Waals surface area contributed by atoms with Crippen molar-refractivity contribution in [3.63, 3.8) is 0 Å². The topological polar surface area (TPSA) is 51.8 Å². The summed E-state index contributed by atoms with van der Waals surface area (Å²) < 4.78 is 0. The highest BCUT2D eigenvalue weighted by molar-refractivity contribution is 7.98. The van der Waals surface area contributed by atoms with Gasteiger partial charge in [-0.15, -0.1) is 11.8 Å². The number of hydrogen-bond acceptors (Lipinski definition) is 4. The van der Waals surface area contributed by atoms with Crippen molar-refractivity contribution >= 4 is 17.6 Å². The molecule has 3 nitrogen and oxygen atoms in total. The Morgan fingerprint density at radius 2 is 1.89 bits per heavy atom. The Morgan fingerprint density at radius 1 is 1.17 bits per heavy atom. The summed E-state index contributed by atoms with van der Waals surface area (Å²) in [5.74, 6) is 1.25. The minimum absolute atomic E-state index is 0.539. The second-order valence-electron chi connectivity index (χ2n) is 4.09. The molecule has 0 saturated carbocycles. The van der Waals surface area contributed by atoms with E-state index in [0.717, 1.165) is 24.1 Å². The lowest BCUT2D eigenvalue weighted by molar-refractivity contribution is 0.877. The zero-order chi connectivity index (χ0) is 13.0. The van der Waals surface area contributed by atoms with E-state index >= 15 is 0 Å². The molecule has 94 valence electrons. The summed E-state index contributed by atoms with van der Waals surface area (Å²) in [4.78, 5) is 10.1. The molecule has 2 aromatic rings. The van der Waals surface area contributed by atoms with E-state index in [1.807, 2.05) is 18.2 Å². The van der Waals surface area contributed by atoms with Crippen LogP contribution in [0.3, 0.4) is 0 Å². The van der Waals surface area contributed by atoms with Crippen LogP contribution in [0.1, 0.15) is 19.0 Å². The van der Waals surface area contributed by atoms with Crippen molar-refractivity contribution in [3.8, 4) is 11.4 Å². The van der Waals surface area contributed by atoms with Gasteiger partial charge in [0.05, 0.1) is 0 Å². The van der Waals surface area contributed by atoms with Crippen LogP contribution in [0, 0.1) is 0 Å². The maximum absolute atomic E-state index is 5.83. The predicted molar refractivity (Wildman–Crippen MR) is 77.7 cm³/mol. The van der Waals surface area contributed by atoms with E-state index in [4.69, 9.17) is 5.73 Å². The van der Waals surface area contributed by atoms with Gasteiger partial charge in [0.25, 0.3) is 0 Å². The average Bonchev–Trinajstić information content (AvgIpc) is 2.38. The average molecular weight is 259 g/mol. The molecule has 4 heteroatoms. The van der Waals surface area contributed by atoms with Crippen molar-refractivity contribution in [3.05, 3.63) is 36.0 Å². The molecule has 2 rings (SSSR count). The molecule has 0 spiro atoms. The summed E-state index contributed by atoms with van der Waals surface area (Å²) in [6, 6.07) is 10.1. The molecule has 0 radical (unpaired) electrons. The molecule has 1 aromatic carbocycles. The van der Waals surface area contributed by atoms with Gasteiger partial charge in [-0.05, 0) is 24.8 Å². The molecule has 1 heterocycles. The molecule has 0 unspecified atom stereocenters. The normalized spacial score (nSPS) is 10.6. The summed E-state index contributed by atoms with van der Waals surface area (Å²) >= 11 is 1.72. The SMILES string of the molecule is CCCc1cc(N)nc(-c2ccc(SC)cc2)n1. The van der Waals surface area contributed by atoms with Gasteiger partial charge in [0.1, 0.15) is 5.82 Å².